The van der Waals surface area contributed by atoms with E-state index in [0.29, 0.717) is 18.7 Å². The molecule has 1 aromatic rings. The van der Waals surface area contributed by atoms with Crippen LogP contribution in [0.15, 0.2) is 24.3 Å². The van der Waals surface area contributed by atoms with E-state index in [0.717, 1.165) is 5.69 Å². The van der Waals surface area contributed by atoms with Gasteiger partial charge in [-0.1, -0.05) is 6.07 Å². The van der Waals surface area contributed by atoms with E-state index >= 15 is 0 Å². The number of nitrogens with zero attached hydrogens (tertiary/aromatic N) is 1. The second kappa shape index (κ2) is 4.91. The van der Waals surface area contributed by atoms with Gasteiger partial charge in [-0.3, -0.25) is 9.59 Å². The average molecular weight is 262 g/mol. The molecule has 2 amide bonds. The molecule has 0 bridgehead atoms. The normalized spacial score (nSPS) is 18.8. The fourth-order valence-corrected chi connectivity index (χ4v) is 2.14. The maximum atomic E-state index is 12.5. The number of rotatable bonds is 2. The number of anilines is 1. The third-order valence-electron chi connectivity index (χ3n) is 3.16. The van der Waals surface area contributed by atoms with E-state index in [-0.39, 0.29) is 11.8 Å². The van der Waals surface area contributed by atoms with Crippen LogP contribution in [-0.2, 0) is 9.59 Å². The van der Waals surface area contributed by atoms with Crippen molar-refractivity contribution >= 4 is 17.5 Å². The predicted octanol–water partition coefficient (Wildman–Crippen LogP) is 1.33. The number of hydrogen-bond donors (Lipinski definition) is 1. The first-order valence-electron chi connectivity index (χ1n) is 6.21. The lowest BCUT2D eigenvalue weighted by Gasteiger charge is -2.29. The summed E-state index contributed by atoms with van der Waals surface area (Å²) in [6.07, 6.45) is 0.298. The van der Waals surface area contributed by atoms with Crippen LogP contribution in [0.5, 0.6) is 5.75 Å². The molecule has 0 saturated carbocycles. The molecule has 5 heteroatoms. The molecular weight excluding hydrogens is 244 g/mol. The largest absolute Gasteiger partial charge is 0.497 e. The maximum absolute atomic E-state index is 12.5. The first-order chi connectivity index (χ1) is 8.94. The monoisotopic (exact) mass is 262 g/mol. The van der Waals surface area contributed by atoms with Gasteiger partial charge in [-0.05, 0) is 26.0 Å². The van der Waals surface area contributed by atoms with Gasteiger partial charge in [-0.2, -0.15) is 0 Å². The van der Waals surface area contributed by atoms with E-state index in [4.69, 9.17) is 4.74 Å². The predicted molar refractivity (Wildman–Crippen MR) is 72.2 cm³/mol. The molecule has 0 aromatic heterocycles. The highest BCUT2D eigenvalue weighted by atomic mass is 16.5. The summed E-state index contributed by atoms with van der Waals surface area (Å²) < 4.78 is 5.16. The fraction of sp³-hybridized carbons (Fsp3) is 0.429. The summed E-state index contributed by atoms with van der Waals surface area (Å²) in [6, 6.07) is 7.28. The minimum absolute atomic E-state index is 0.108. The molecule has 5 nitrogen and oxygen atoms in total. The molecule has 19 heavy (non-hydrogen) atoms. The number of carbonyl (C=O) groups excluding carboxylic acids is 2. The summed E-state index contributed by atoms with van der Waals surface area (Å²) in [5, 5.41) is 2.73. The first-order valence-corrected chi connectivity index (χ1v) is 6.21. The molecule has 1 aromatic carbocycles. The zero-order chi connectivity index (χ0) is 14.0. The summed E-state index contributed by atoms with van der Waals surface area (Å²) >= 11 is 0. The van der Waals surface area contributed by atoms with Crippen LogP contribution in [-0.4, -0.2) is 31.0 Å². The van der Waals surface area contributed by atoms with E-state index in [1.807, 2.05) is 18.2 Å². The molecule has 0 spiro atoms. The molecule has 1 heterocycles. The Hall–Kier alpha value is -2.04. The highest BCUT2D eigenvalue weighted by Gasteiger charge is 2.37. The van der Waals surface area contributed by atoms with Crippen molar-refractivity contribution in [3.05, 3.63) is 24.3 Å². The molecule has 1 aliphatic heterocycles. The Morgan fingerprint density at radius 1 is 1.32 bits per heavy atom. The van der Waals surface area contributed by atoms with Crippen LogP contribution in [0.25, 0.3) is 0 Å². The van der Waals surface area contributed by atoms with Crippen molar-refractivity contribution in [2.24, 2.45) is 0 Å². The van der Waals surface area contributed by atoms with E-state index < -0.39 is 5.54 Å². The third-order valence-corrected chi connectivity index (χ3v) is 3.16. The lowest BCUT2D eigenvalue weighted by Crippen LogP contribution is -2.53. The van der Waals surface area contributed by atoms with E-state index in [1.54, 1.807) is 31.9 Å². The number of methoxy groups -OCH3 is 1. The number of ether oxygens (including phenoxy) is 1. The lowest BCUT2D eigenvalue weighted by atomic mass is 10.0. The first kappa shape index (κ1) is 13.4. The number of amides is 2. The Morgan fingerprint density at radius 3 is 2.74 bits per heavy atom. The van der Waals surface area contributed by atoms with Crippen molar-refractivity contribution in [3.63, 3.8) is 0 Å². The molecule has 0 radical (unpaired) electrons. The molecule has 1 saturated heterocycles. The van der Waals surface area contributed by atoms with E-state index in [1.165, 1.54) is 0 Å². The van der Waals surface area contributed by atoms with Crippen molar-refractivity contribution in [1.82, 2.24) is 5.32 Å². The quantitative estimate of drug-likeness (QED) is 0.874. The van der Waals surface area contributed by atoms with Gasteiger partial charge >= 0.3 is 0 Å². The van der Waals surface area contributed by atoms with Crippen LogP contribution >= 0.6 is 0 Å². The summed E-state index contributed by atoms with van der Waals surface area (Å²) in [5.41, 5.74) is -0.148. The van der Waals surface area contributed by atoms with Crippen LogP contribution < -0.4 is 15.0 Å². The summed E-state index contributed by atoms with van der Waals surface area (Å²) in [5.74, 6) is 0.460. The average Bonchev–Trinajstić information content (AvgIpc) is 2.47. The molecule has 1 aliphatic rings. The third kappa shape index (κ3) is 2.70. The molecule has 1 fully saturated rings. The van der Waals surface area contributed by atoms with Gasteiger partial charge < -0.3 is 15.0 Å². The lowest BCUT2D eigenvalue weighted by molar-refractivity contribution is -0.128. The fourth-order valence-electron chi connectivity index (χ4n) is 2.14. The Balaban J connectivity index is 2.36. The maximum Gasteiger partial charge on any atom is 0.252 e. The van der Waals surface area contributed by atoms with Crippen LogP contribution in [0.4, 0.5) is 5.69 Å². The molecule has 102 valence electrons. The highest BCUT2D eigenvalue weighted by molar-refractivity contribution is 6.03. The molecule has 1 N–H and O–H groups in total. The smallest absolute Gasteiger partial charge is 0.252 e. The molecular formula is C14H18N2O3. The number of benzene rings is 1. The zero-order valence-corrected chi connectivity index (χ0v) is 11.4. The topological polar surface area (TPSA) is 58.6 Å². The summed E-state index contributed by atoms with van der Waals surface area (Å²) in [4.78, 5) is 25.7. The van der Waals surface area contributed by atoms with Crippen molar-refractivity contribution in [1.29, 1.82) is 0 Å². The van der Waals surface area contributed by atoms with Crippen molar-refractivity contribution < 1.29 is 14.3 Å². The van der Waals surface area contributed by atoms with Crippen LogP contribution in [0.2, 0.25) is 0 Å². The Kier molecular flexibility index (Phi) is 3.46. The highest BCUT2D eigenvalue weighted by Crippen LogP contribution is 2.25. The SMILES string of the molecule is COc1cccc(N2CCC(=O)NC(C)(C)C2=O)c1. The number of nitrogens with one attached hydrogen (secondary N) is 1. The Morgan fingerprint density at radius 2 is 2.05 bits per heavy atom. The van der Waals surface area contributed by atoms with Gasteiger partial charge in [0.2, 0.25) is 5.91 Å². The second-order valence-corrected chi connectivity index (χ2v) is 5.08. The summed E-state index contributed by atoms with van der Waals surface area (Å²) in [6.45, 7) is 3.80. The van der Waals surface area contributed by atoms with Gasteiger partial charge in [-0.25, -0.2) is 0 Å². The molecule has 2 rings (SSSR count). The van der Waals surface area contributed by atoms with Crippen molar-refractivity contribution in [2.75, 3.05) is 18.6 Å². The summed E-state index contributed by atoms with van der Waals surface area (Å²) in [7, 11) is 1.58. The van der Waals surface area contributed by atoms with Crippen molar-refractivity contribution in [2.45, 2.75) is 25.8 Å². The number of hydrogen-bond acceptors (Lipinski definition) is 3. The van der Waals surface area contributed by atoms with Crippen LogP contribution in [0.1, 0.15) is 20.3 Å². The van der Waals surface area contributed by atoms with Crippen molar-refractivity contribution in [3.8, 4) is 5.75 Å². The van der Waals surface area contributed by atoms with Gasteiger partial charge in [0.15, 0.2) is 0 Å². The minimum Gasteiger partial charge on any atom is -0.497 e. The Bertz CT molecular complexity index is 511. The van der Waals surface area contributed by atoms with E-state index in [2.05, 4.69) is 5.32 Å². The van der Waals surface area contributed by atoms with Gasteiger partial charge in [-0.15, -0.1) is 0 Å². The zero-order valence-electron chi connectivity index (χ0n) is 11.4. The van der Waals surface area contributed by atoms with E-state index in [9.17, 15) is 9.59 Å². The molecule has 0 unspecified atom stereocenters. The van der Waals surface area contributed by atoms with Gasteiger partial charge in [0.25, 0.3) is 5.91 Å². The number of carbonyl (C=O) groups is 2. The Labute approximate surface area is 112 Å². The standard InChI is InChI=1S/C14H18N2O3/c1-14(2)13(18)16(8-7-12(17)15-14)10-5-4-6-11(9-10)19-3/h4-6,9H,7-8H2,1-3H3,(H,15,17). The second-order valence-electron chi connectivity index (χ2n) is 5.08. The molecule has 0 aliphatic carbocycles. The van der Waals surface area contributed by atoms with Gasteiger partial charge in [0.1, 0.15) is 11.3 Å². The van der Waals surface area contributed by atoms with Crippen LogP contribution in [0, 0.1) is 0 Å². The van der Waals surface area contributed by atoms with Gasteiger partial charge in [0, 0.05) is 24.7 Å². The minimum atomic E-state index is -0.892. The van der Waals surface area contributed by atoms with Gasteiger partial charge in [0.05, 0.1) is 7.11 Å². The molecule has 0 atom stereocenters. The van der Waals surface area contributed by atoms with Crippen LogP contribution in [0.3, 0.4) is 0 Å².